The number of aromatic carboxylic acids is 1. The molecule has 0 aromatic heterocycles. The number of carboxylic acid groups (broad SMARTS) is 1. The Morgan fingerprint density at radius 1 is 1.48 bits per heavy atom. The number of benzene rings is 1. The van der Waals surface area contributed by atoms with Gasteiger partial charge in [0.15, 0.2) is 0 Å². The molecule has 1 aliphatic rings. The first-order valence-corrected chi connectivity index (χ1v) is 7.86. The zero-order valence-electron chi connectivity index (χ0n) is 11.0. The summed E-state index contributed by atoms with van der Waals surface area (Å²) in [6, 6.07) is 2.99. The van der Waals surface area contributed by atoms with E-state index >= 15 is 0 Å². The number of hydrogen-bond acceptors (Lipinski definition) is 4. The van der Waals surface area contributed by atoms with Gasteiger partial charge in [0.2, 0.25) is 15.9 Å². The minimum absolute atomic E-state index is 0.0850. The molecule has 1 atom stereocenters. The molecule has 1 heterocycles. The van der Waals surface area contributed by atoms with Crippen LogP contribution in [0.25, 0.3) is 0 Å². The molecule has 1 aromatic carbocycles. The van der Waals surface area contributed by atoms with Crippen LogP contribution in [-0.4, -0.2) is 48.8 Å². The molecular weight excluding hydrogens is 320 g/mol. The fourth-order valence-corrected chi connectivity index (χ4v) is 4.09. The van der Waals surface area contributed by atoms with E-state index < -0.39 is 27.9 Å². The van der Waals surface area contributed by atoms with Crippen molar-refractivity contribution >= 4 is 33.5 Å². The number of carboxylic acids is 1. The number of carbonyl (C=O) groups excluding carboxylic acids is 1. The Morgan fingerprint density at radius 2 is 2.14 bits per heavy atom. The van der Waals surface area contributed by atoms with Crippen LogP contribution in [-0.2, 0) is 14.8 Å². The first-order valence-electron chi connectivity index (χ1n) is 6.05. The van der Waals surface area contributed by atoms with E-state index in [0.717, 1.165) is 10.4 Å². The van der Waals surface area contributed by atoms with Gasteiger partial charge < -0.3 is 10.4 Å². The molecule has 1 saturated heterocycles. The summed E-state index contributed by atoms with van der Waals surface area (Å²) in [6.45, 7) is 1.51. The third kappa shape index (κ3) is 3.02. The molecule has 0 spiro atoms. The normalized spacial score (nSPS) is 20.1. The van der Waals surface area contributed by atoms with Gasteiger partial charge in [-0.3, -0.25) is 4.79 Å². The van der Waals surface area contributed by atoms with Crippen LogP contribution in [0.15, 0.2) is 23.1 Å². The standard InChI is InChI=1S/C12H13ClN2O5S/c1-7-5-14-11(16)6-15(7)21(19,20)10-4-8(12(17)18)2-3-9(10)13/h2-4,7H,5-6H2,1H3,(H,14,16)(H,17,18)/t7-/m0/s1. The van der Waals surface area contributed by atoms with Gasteiger partial charge in [-0.25, -0.2) is 13.2 Å². The lowest BCUT2D eigenvalue weighted by Gasteiger charge is -2.32. The molecule has 9 heteroatoms. The van der Waals surface area contributed by atoms with Crippen molar-refractivity contribution in [3.05, 3.63) is 28.8 Å². The van der Waals surface area contributed by atoms with E-state index in [2.05, 4.69) is 5.32 Å². The Labute approximate surface area is 126 Å². The van der Waals surface area contributed by atoms with Crippen LogP contribution >= 0.6 is 11.6 Å². The largest absolute Gasteiger partial charge is 0.478 e. The van der Waals surface area contributed by atoms with E-state index in [1.54, 1.807) is 6.92 Å². The Balaban J connectivity index is 2.50. The van der Waals surface area contributed by atoms with Crippen molar-refractivity contribution in [2.75, 3.05) is 13.1 Å². The van der Waals surface area contributed by atoms with Gasteiger partial charge in [0.25, 0.3) is 0 Å². The first-order chi connectivity index (χ1) is 9.73. The van der Waals surface area contributed by atoms with Crippen molar-refractivity contribution in [1.29, 1.82) is 0 Å². The molecule has 0 bridgehead atoms. The zero-order chi connectivity index (χ0) is 15.8. The molecule has 7 nitrogen and oxygen atoms in total. The summed E-state index contributed by atoms with van der Waals surface area (Å²) in [4.78, 5) is 22.1. The number of nitrogens with zero attached hydrogens (tertiary/aromatic N) is 1. The second kappa shape index (κ2) is 5.63. The van der Waals surface area contributed by atoms with Gasteiger partial charge >= 0.3 is 5.97 Å². The number of piperazine rings is 1. The van der Waals surface area contributed by atoms with Crippen molar-refractivity contribution in [3.8, 4) is 0 Å². The molecule has 2 rings (SSSR count). The molecule has 114 valence electrons. The van der Waals surface area contributed by atoms with Crippen LogP contribution < -0.4 is 5.32 Å². The summed E-state index contributed by atoms with van der Waals surface area (Å²) >= 11 is 5.89. The number of rotatable bonds is 3. The Hall–Kier alpha value is -1.64. The second-order valence-electron chi connectivity index (χ2n) is 4.65. The average Bonchev–Trinajstić information content (AvgIpc) is 2.41. The predicted molar refractivity (Wildman–Crippen MR) is 74.8 cm³/mol. The van der Waals surface area contributed by atoms with Gasteiger partial charge in [0, 0.05) is 12.6 Å². The number of amides is 1. The van der Waals surface area contributed by atoms with Crippen molar-refractivity contribution in [2.45, 2.75) is 17.9 Å². The Bertz CT molecular complexity index is 704. The number of carbonyl (C=O) groups is 2. The highest BCUT2D eigenvalue weighted by Crippen LogP contribution is 2.27. The summed E-state index contributed by atoms with van der Waals surface area (Å²) in [5.74, 6) is -1.67. The topological polar surface area (TPSA) is 104 Å². The van der Waals surface area contributed by atoms with Gasteiger partial charge in [-0.15, -0.1) is 0 Å². The SMILES string of the molecule is C[C@H]1CNC(=O)CN1S(=O)(=O)c1cc(C(=O)O)ccc1Cl. The molecule has 0 radical (unpaired) electrons. The van der Waals surface area contributed by atoms with Crippen LogP contribution in [0.3, 0.4) is 0 Å². The van der Waals surface area contributed by atoms with Crippen molar-refractivity contribution in [1.82, 2.24) is 9.62 Å². The number of sulfonamides is 1. The maximum atomic E-state index is 12.6. The van der Waals surface area contributed by atoms with Gasteiger partial charge in [0.1, 0.15) is 4.90 Å². The number of nitrogens with one attached hydrogen (secondary N) is 1. The van der Waals surface area contributed by atoms with Gasteiger partial charge in [-0.2, -0.15) is 4.31 Å². The smallest absolute Gasteiger partial charge is 0.335 e. The van der Waals surface area contributed by atoms with Crippen LogP contribution in [0.2, 0.25) is 5.02 Å². The van der Waals surface area contributed by atoms with Crippen LogP contribution in [0, 0.1) is 0 Å². The van der Waals surface area contributed by atoms with Gasteiger partial charge in [-0.1, -0.05) is 11.6 Å². The quantitative estimate of drug-likeness (QED) is 0.841. The zero-order valence-corrected chi connectivity index (χ0v) is 12.6. The highest BCUT2D eigenvalue weighted by molar-refractivity contribution is 7.89. The molecule has 1 amide bonds. The first kappa shape index (κ1) is 15.7. The highest BCUT2D eigenvalue weighted by atomic mass is 35.5. The fraction of sp³-hybridized carbons (Fsp3) is 0.333. The molecular formula is C12H13ClN2O5S. The molecule has 21 heavy (non-hydrogen) atoms. The molecule has 0 saturated carbocycles. The lowest BCUT2D eigenvalue weighted by Crippen LogP contribution is -2.55. The maximum Gasteiger partial charge on any atom is 0.335 e. The molecule has 1 aliphatic heterocycles. The molecule has 0 aliphatic carbocycles. The molecule has 1 fully saturated rings. The third-order valence-corrected chi connectivity index (χ3v) is 5.59. The third-order valence-electron chi connectivity index (χ3n) is 3.15. The summed E-state index contributed by atoms with van der Waals surface area (Å²) in [5.41, 5.74) is -0.188. The Morgan fingerprint density at radius 3 is 2.76 bits per heavy atom. The van der Waals surface area contributed by atoms with E-state index in [1.807, 2.05) is 0 Å². The predicted octanol–water partition coefficient (Wildman–Crippen LogP) is 0.547. The van der Waals surface area contributed by atoms with E-state index in [-0.39, 0.29) is 28.6 Å². The Kier molecular flexibility index (Phi) is 4.22. The average molecular weight is 333 g/mol. The molecule has 2 N–H and O–H groups in total. The minimum Gasteiger partial charge on any atom is -0.478 e. The summed E-state index contributed by atoms with van der Waals surface area (Å²) in [6.07, 6.45) is 0. The minimum atomic E-state index is -4.05. The van der Waals surface area contributed by atoms with Crippen LogP contribution in [0.5, 0.6) is 0 Å². The van der Waals surface area contributed by atoms with E-state index in [1.165, 1.54) is 12.1 Å². The number of halogens is 1. The fourth-order valence-electron chi connectivity index (χ4n) is 2.00. The molecule has 0 unspecified atom stereocenters. The highest BCUT2D eigenvalue weighted by Gasteiger charge is 2.35. The van der Waals surface area contributed by atoms with Crippen molar-refractivity contribution in [2.24, 2.45) is 0 Å². The van der Waals surface area contributed by atoms with E-state index in [9.17, 15) is 18.0 Å². The van der Waals surface area contributed by atoms with E-state index in [4.69, 9.17) is 16.7 Å². The lowest BCUT2D eigenvalue weighted by atomic mass is 10.2. The second-order valence-corrected chi connectivity index (χ2v) is 6.92. The summed E-state index contributed by atoms with van der Waals surface area (Å²) < 4.78 is 26.2. The number of hydrogen-bond donors (Lipinski definition) is 2. The summed E-state index contributed by atoms with van der Waals surface area (Å²) in [7, 11) is -4.05. The monoisotopic (exact) mass is 332 g/mol. The van der Waals surface area contributed by atoms with Crippen molar-refractivity contribution < 1.29 is 23.1 Å². The van der Waals surface area contributed by atoms with Crippen molar-refractivity contribution in [3.63, 3.8) is 0 Å². The van der Waals surface area contributed by atoms with E-state index in [0.29, 0.717) is 0 Å². The molecule has 1 aromatic rings. The van der Waals surface area contributed by atoms with Gasteiger partial charge in [0.05, 0.1) is 17.1 Å². The van der Waals surface area contributed by atoms with Crippen LogP contribution in [0.4, 0.5) is 0 Å². The lowest BCUT2D eigenvalue weighted by molar-refractivity contribution is -0.123. The maximum absolute atomic E-state index is 12.6. The van der Waals surface area contributed by atoms with Gasteiger partial charge in [-0.05, 0) is 25.1 Å². The summed E-state index contributed by atoms with van der Waals surface area (Å²) in [5, 5.41) is 11.4. The van der Waals surface area contributed by atoms with Crippen LogP contribution in [0.1, 0.15) is 17.3 Å².